The summed E-state index contributed by atoms with van der Waals surface area (Å²) >= 11 is 5.19. The molecule has 1 aliphatic rings. The van der Waals surface area contributed by atoms with Crippen LogP contribution in [-0.2, 0) is 42.9 Å². The number of hydrogen-bond donors (Lipinski definition) is 3. The smallest absolute Gasteiger partial charge is 0.303 e. The predicted octanol–water partition coefficient (Wildman–Crippen LogP) is -0.726. The minimum atomic E-state index is -1.36. The zero-order chi connectivity index (χ0) is 26.8. The fraction of sp³-hybridized carbons (Fsp3) is 0.476. The van der Waals surface area contributed by atoms with Gasteiger partial charge in [-0.3, -0.25) is 39.8 Å². The molecule has 0 aliphatic carbocycles. The molecule has 0 radical (unpaired) electrons. The van der Waals surface area contributed by atoms with Gasteiger partial charge in [0.05, 0.1) is 0 Å². The Morgan fingerprint density at radius 2 is 1.42 bits per heavy atom. The molecule has 15 heteroatoms. The molecule has 14 nitrogen and oxygen atoms in total. The highest BCUT2D eigenvalue weighted by atomic mass is 32.1. The van der Waals surface area contributed by atoms with Gasteiger partial charge in [-0.2, -0.15) is 0 Å². The van der Waals surface area contributed by atoms with Crippen LogP contribution < -0.4 is 16.2 Å². The molecule has 1 amide bonds. The molecule has 5 atom stereocenters. The van der Waals surface area contributed by atoms with Crippen LogP contribution in [0.5, 0.6) is 0 Å². The van der Waals surface area contributed by atoms with Crippen LogP contribution in [0.15, 0.2) is 24.5 Å². The quantitative estimate of drug-likeness (QED) is 0.175. The van der Waals surface area contributed by atoms with Crippen molar-refractivity contribution in [3.05, 3.63) is 30.1 Å². The fourth-order valence-electron chi connectivity index (χ4n) is 3.20. The number of rotatable bonds is 7. The van der Waals surface area contributed by atoms with Gasteiger partial charge in [-0.15, -0.1) is 0 Å². The van der Waals surface area contributed by atoms with Gasteiger partial charge < -0.3 is 29.0 Å². The summed E-state index contributed by atoms with van der Waals surface area (Å²) in [4.78, 5) is 62.9. The number of pyridine rings is 1. The third-order valence-electron chi connectivity index (χ3n) is 4.50. The van der Waals surface area contributed by atoms with Crippen LogP contribution in [0.2, 0.25) is 0 Å². The van der Waals surface area contributed by atoms with Crippen molar-refractivity contribution in [2.24, 2.45) is 0 Å². The summed E-state index contributed by atoms with van der Waals surface area (Å²) in [6, 6.07) is 2.96. The van der Waals surface area contributed by atoms with Crippen molar-refractivity contribution in [1.29, 1.82) is 0 Å². The normalized spacial score (nSPS) is 22.8. The van der Waals surface area contributed by atoms with Crippen molar-refractivity contribution in [3.8, 4) is 0 Å². The standard InChI is InChI=1S/C21H26N4O10S/c1-10(26)31-9-15-16(32-11(2)27)17(33-12(3)28)18(34-13(4)29)20(35-15)23-21(36)25-24-19(30)14-5-7-22-8-6-14/h5-8,15-18,20H,9H2,1-4H3,(H,24,30)(H2,23,25,36)/t15-,16+,17+,18+,20+/m1/s1. The highest BCUT2D eigenvalue weighted by molar-refractivity contribution is 7.80. The lowest BCUT2D eigenvalue weighted by molar-refractivity contribution is -0.254. The lowest BCUT2D eigenvalue weighted by Gasteiger charge is -2.44. The first-order valence-corrected chi connectivity index (χ1v) is 11.0. The molecule has 1 aromatic rings. The van der Waals surface area contributed by atoms with Crippen molar-refractivity contribution in [1.82, 2.24) is 21.2 Å². The van der Waals surface area contributed by atoms with Gasteiger partial charge in [0.15, 0.2) is 29.7 Å². The summed E-state index contributed by atoms with van der Waals surface area (Å²) in [6.45, 7) is 4.10. The molecule has 1 aromatic heterocycles. The van der Waals surface area contributed by atoms with Crippen LogP contribution in [-0.4, -0.2) is 77.1 Å². The highest BCUT2D eigenvalue weighted by Gasteiger charge is 2.52. The lowest BCUT2D eigenvalue weighted by atomic mass is 9.97. The molecule has 196 valence electrons. The van der Waals surface area contributed by atoms with E-state index < -0.39 is 67.0 Å². The number of carbonyl (C=O) groups excluding carboxylic acids is 5. The van der Waals surface area contributed by atoms with Crippen LogP contribution in [0, 0.1) is 0 Å². The van der Waals surface area contributed by atoms with Gasteiger partial charge in [0.1, 0.15) is 12.7 Å². The van der Waals surface area contributed by atoms with Gasteiger partial charge in [0.2, 0.25) is 0 Å². The molecule has 2 heterocycles. The van der Waals surface area contributed by atoms with E-state index in [9.17, 15) is 24.0 Å². The van der Waals surface area contributed by atoms with Gasteiger partial charge in [-0.05, 0) is 24.4 Å². The number of hydrazine groups is 1. The number of aromatic nitrogens is 1. The second-order valence-corrected chi connectivity index (χ2v) is 7.82. The number of carbonyl (C=O) groups is 5. The van der Waals surface area contributed by atoms with E-state index in [1.165, 1.54) is 24.5 Å². The van der Waals surface area contributed by atoms with E-state index in [0.717, 1.165) is 27.7 Å². The molecule has 1 aliphatic heterocycles. The van der Waals surface area contributed by atoms with Crippen LogP contribution in [0.3, 0.4) is 0 Å². The summed E-state index contributed by atoms with van der Waals surface area (Å²) < 4.78 is 26.8. The van der Waals surface area contributed by atoms with Crippen LogP contribution >= 0.6 is 12.2 Å². The van der Waals surface area contributed by atoms with Crippen molar-refractivity contribution in [3.63, 3.8) is 0 Å². The van der Waals surface area contributed by atoms with Crippen LogP contribution in [0.1, 0.15) is 38.1 Å². The summed E-state index contributed by atoms with van der Waals surface area (Å²) in [7, 11) is 0. The first-order chi connectivity index (χ1) is 17.0. The Labute approximate surface area is 211 Å². The third kappa shape index (κ3) is 8.74. The lowest BCUT2D eigenvalue weighted by Crippen LogP contribution is -2.67. The summed E-state index contributed by atoms with van der Waals surface area (Å²) in [5, 5.41) is 2.53. The Hall–Kier alpha value is -3.85. The predicted molar refractivity (Wildman–Crippen MR) is 123 cm³/mol. The Morgan fingerprint density at radius 3 is 1.97 bits per heavy atom. The number of ether oxygens (including phenoxy) is 5. The Balaban J connectivity index is 2.26. The average molecular weight is 527 g/mol. The van der Waals surface area contributed by atoms with E-state index in [2.05, 4.69) is 21.2 Å². The zero-order valence-electron chi connectivity index (χ0n) is 19.8. The first kappa shape index (κ1) is 28.4. The third-order valence-corrected chi connectivity index (χ3v) is 4.72. The molecule has 0 aromatic carbocycles. The monoisotopic (exact) mass is 526 g/mol. The maximum atomic E-state index is 12.2. The molecule has 1 saturated heterocycles. The van der Waals surface area contributed by atoms with Gasteiger partial charge in [-0.25, -0.2) is 0 Å². The summed E-state index contributed by atoms with van der Waals surface area (Å²) in [5.74, 6) is -3.46. The second kappa shape index (κ2) is 13.3. The van der Waals surface area contributed by atoms with Gasteiger partial charge >= 0.3 is 23.9 Å². The molecular weight excluding hydrogens is 500 g/mol. The summed E-state index contributed by atoms with van der Waals surface area (Å²) in [6.07, 6.45) is -3.60. The Kier molecular flexibility index (Phi) is 10.5. The maximum absolute atomic E-state index is 12.2. The Bertz CT molecular complexity index is 992. The van der Waals surface area contributed by atoms with E-state index in [1.807, 2.05) is 0 Å². The number of nitrogens with one attached hydrogen (secondary N) is 3. The molecule has 2 rings (SSSR count). The Morgan fingerprint density at radius 1 is 0.861 bits per heavy atom. The largest absolute Gasteiger partial charge is 0.463 e. The van der Waals surface area contributed by atoms with Gasteiger partial charge in [0, 0.05) is 45.7 Å². The molecule has 0 spiro atoms. The molecule has 3 N–H and O–H groups in total. The highest BCUT2D eigenvalue weighted by Crippen LogP contribution is 2.28. The number of esters is 4. The SMILES string of the molecule is CC(=O)OC[C@H]1O[C@H](NC(=S)NNC(=O)c2ccncc2)[C@@H](OC(C)=O)[C@@H](OC(C)=O)[C@H]1OC(C)=O. The van der Waals surface area contributed by atoms with Gasteiger partial charge in [-0.1, -0.05) is 0 Å². The fourth-order valence-corrected chi connectivity index (χ4v) is 3.37. The topological polar surface area (TPSA) is 180 Å². The molecule has 0 unspecified atom stereocenters. The molecule has 0 bridgehead atoms. The minimum Gasteiger partial charge on any atom is -0.463 e. The zero-order valence-corrected chi connectivity index (χ0v) is 20.7. The van der Waals surface area contributed by atoms with Crippen molar-refractivity contribution < 1.29 is 47.7 Å². The van der Waals surface area contributed by atoms with E-state index in [0.29, 0.717) is 5.56 Å². The van der Waals surface area contributed by atoms with Gasteiger partial charge in [0.25, 0.3) is 5.91 Å². The number of thiocarbonyl (C=S) groups is 1. The van der Waals surface area contributed by atoms with Crippen LogP contribution in [0.4, 0.5) is 0 Å². The first-order valence-electron chi connectivity index (χ1n) is 10.5. The summed E-state index contributed by atoms with van der Waals surface area (Å²) in [5.41, 5.74) is 5.13. The van der Waals surface area contributed by atoms with Crippen molar-refractivity contribution >= 4 is 47.1 Å². The second-order valence-electron chi connectivity index (χ2n) is 7.41. The molecule has 36 heavy (non-hydrogen) atoms. The van der Waals surface area contributed by atoms with Crippen molar-refractivity contribution in [2.75, 3.05) is 6.61 Å². The number of nitrogens with zero attached hydrogens (tertiary/aromatic N) is 1. The molecule has 1 fully saturated rings. The van der Waals surface area contributed by atoms with E-state index in [1.54, 1.807) is 0 Å². The van der Waals surface area contributed by atoms with Crippen molar-refractivity contribution in [2.45, 2.75) is 58.3 Å². The van der Waals surface area contributed by atoms with E-state index in [4.69, 9.17) is 35.9 Å². The number of hydrogen-bond acceptors (Lipinski definition) is 12. The van der Waals surface area contributed by atoms with Crippen LogP contribution in [0.25, 0.3) is 0 Å². The van der Waals surface area contributed by atoms with E-state index >= 15 is 0 Å². The number of amides is 1. The maximum Gasteiger partial charge on any atom is 0.303 e. The molecular formula is C21H26N4O10S. The van der Waals surface area contributed by atoms with E-state index in [-0.39, 0.29) is 5.11 Å². The molecule has 0 saturated carbocycles. The minimum absolute atomic E-state index is 0.168. The average Bonchev–Trinajstić information content (AvgIpc) is 2.79.